The molecule has 0 bridgehead atoms. The standard InChI is InChI=1S/C17H18NO5P/c1-20-24(19,21-2)17-12-16(18-23-17)13-7-6-10-15(11-13)22-14-8-4-3-5-9-14/h3-11,17H,12H2,1-2H3. The molecule has 2 aromatic carbocycles. The van der Waals surface area contributed by atoms with Crippen LogP contribution in [0.5, 0.6) is 11.5 Å². The highest BCUT2D eigenvalue weighted by Gasteiger charge is 2.41. The summed E-state index contributed by atoms with van der Waals surface area (Å²) in [6, 6.07) is 17.0. The lowest BCUT2D eigenvalue weighted by atomic mass is 10.1. The number of nitrogens with zero attached hydrogens (tertiary/aromatic N) is 1. The van der Waals surface area contributed by atoms with Crippen LogP contribution in [0.15, 0.2) is 59.8 Å². The number of rotatable bonds is 6. The summed E-state index contributed by atoms with van der Waals surface area (Å²) in [5, 5.41) is 4.03. The lowest BCUT2D eigenvalue weighted by Gasteiger charge is -2.17. The van der Waals surface area contributed by atoms with Gasteiger partial charge in [-0.05, 0) is 24.3 Å². The first kappa shape index (κ1) is 16.7. The number of hydrogen-bond acceptors (Lipinski definition) is 6. The van der Waals surface area contributed by atoms with Crippen LogP contribution in [0, 0.1) is 0 Å². The first-order valence-electron chi connectivity index (χ1n) is 7.42. The average molecular weight is 347 g/mol. The van der Waals surface area contributed by atoms with Crippen LogP contribution < -0.4 is 4.74 Å². The molecule has 1 unspecified atom stereocenters. The predicted octanol–water partition coefficient (Wildman–Crippen LogP) is 4.42. The number of ether oxygens (including phenoxy) is 1. The van der Waals surface area contributed by atoms with Gasteiger partial charge in [-0.15, -0.1) is 0 Å². The normalized spacial score (nSPS) is 17.2. The molecule has 0 spiro atoms. The highest BCUT2D eigenvalue weighted by Crippen LogP contribution is 2.55. The van der Waals surface area contributed by atoms with Gasteiger partial charge in [0.25, 0.3) is 0 Å². The van der Waals surface area contributed by atoms with E-state index in [-0.39, 0.29) is 0 Å². The van der Waals surface area contributed by atoms with Crippen molar-refractivity contribution >= 4 is 13.3 Å². The summed E-state index contributed by atoms with van der Waals surface area (Å²) in [6.45, 7) is 0. The summed E-state index contributed by atoms with van der Waals surface area (Å²) in [7, 11) is -0.655. The van der Waals surface area contributed by atoms with Gasteiger partial charge in [0.2, 0.25) is 5.85 Å². The van der Waals surface area contributed by atoms with Crippen molar-refractivity contribution in [1.29, 1.82) is 0 Å². The third-order valence-electron chi connectivity index (χ3n) is 3.66. The van der Waals surface area contributed by atoms with E-state index in [1.807, 2.05) is 54.6 Å². The Morgan fingerprint density at radius 1 is 1.04 bits per heavy atom. The summed E-state index contributed by atoms with van der Waals surface area (Å²) in [5.74, 6) is 0.702. The van der Waals surface area contributed by atoms with Gasteiger partial charge in [0.15, 0.2) is 0 Å². The van der Waals surface area contributed by atoms with Gasteiger partial charge in [0, 0.05) is 26.2 Å². The van der Waals surface area contributed by atoms with E-state index in [1.54, 1.807) is 0 Å². The van der Waals surface area contributed by atoms with Crippen LogP contribution >= 0.6 is 7.60 Å². The molecule has 0 fully saturated rings. The monoisotopic (exact) mass is 347 g/mol. The van der Waals surface area contributed by atoms with Crippen molar-refractivity contribution in [1.82, 2.24) is 0 Å². The Hall–Kier alpha value is -2.14. The number of benzene rings is 2. The lowest BCUT2D eigenvalue weighted by Crippen LogP contribution is -2.11. The molecule has 0 amide bonds. The van der Waals surface area contributed by atoms with Gasteiger partial charge in [0.1, 0.15) is 11.5 Å². The number of oxime groups is 1. The van der Waals surface area contributed by atoms with Gasteiger partial charge in [-0.2, -0.15) is 0 Å². The molecule has 1 aliphatic heterocycles. The van der Waals surface area contributed by atoms with Crippen molar-refractivity contribution < 1.29 is 23.2 Å². The predicted molar refractivity (Wildman–Crippen MR) is 90.6 cm³/mol. The second-order valence-corrected chi connectivity index (χ2v) is 7.54. The average Bonchev–Trinajstić information content (AvgIpc) is 3.13. The molecule has 0 radical (unpaired) electrons. The van der Waals surface area contributed by atoms with Crippen molar-refractivity contribution in [2.45, 2.75) is 12.3 Å². The van der Waals surface area contributed by atoms with Gasteiger partial charge in [0.05, 0.1) is 5.71 Å². The zero-order valence-corrected chi connectivity index (χ0v) is 14.3. The second-order valence-electron chi connectivity index (χ2n) is 5.15. The van der Waals surface area contributed by atoms with Crippen LogP contribution in [-0.4, -0.2) is 25.8 Å². The topological polar surface area (TPSA) is 66.4 Å². The van der Waals surface area contributed by atoms with Gasteiger partial charge in [-0.1, -0.05) is 35.5 Å². The number of para-hydroxylation sites is 1. The molecule has 0 saturated heterocycles. The van der Waals surface area contributed by atoms with Gasteiger partial charge >= 0.3 is 7.60 Å². The van der Waals surface area contributed by atoms with E-state index in [1.165, 1.54) is 14.2 Å². The van der Waals surface area contributed by atoms with Crippen LogP contribution in [-0.2, 0) is 18.5 Å². The molecular formula is C17H18NO5P. The maximum absolute atomic E-state index is 12.4. The highest BCUT2D eigenvalue weighted by molar-refractivity contribution is 7.54. The fraction of sp³-hybridized carbons (Fsp3) is 0.235. The Morgan fingerprint density at radius 2 is 1.75 bits per heavy atom. The van der Waals surface area contributed by atoms with Crippen LogP contribution in [0.25, 0.3) is 0 Å². The quantitative estimate of drug-likeness (QED) is 0.724. The zero-order valence-electron chi connectivity index (χ0n) is 13.4. The fourth-order valence-electron chi connectivity index (χ4n) is 2.38. The smallest absolute Gasteiger partial charge is 0.373 e. The van der Waals surface area contributed by atoms with E-state index < -0.39 is 13.4 Å². The summed E-state index contributed by atoms with van der Waals surface area (Å²) in [5.41, 5.74) is 1.51. The van der Waals surface area contributed by atoms with E-state index in [9.17, 15) is 4.57 Å². The molecule has 126 valence electrons. The van der Waals surface area contributed by atoms with Crippen molar-refractivity contribution in [3.05, 3.63) is 60.2 Å². The van der Waals surface area contributed by atoms with Crippen LogP contribution in [0.2, 0.25) is 0 Å². The molecule has 6 nitrogen and oxygen atoms in total. The Balaban J connectivity index is 1.75. The molecule has 0 N–H and O–H groups in total. The Morgan fingerprint density at radius 3 is 2.46 bits per heavy atom. The van der Waals surface area contributed by atoms with Crippen molar-refractivity contribution in [2.75, 3.05) is 14.2 Å². The molecule has 0 aromatic heterocycles. The lowest BCUT2D eigenvalue weighted by molar-refractivity contribution is 0.106. The van der Waals surface area contributed by atoms with E-state index in [2.05, 4.69) is 5.16 Å². The first-order chi connectivity index (χ1) is 11.6. The minimum atomic E-state index is -3.32. The van der Waals surface area contributed by atoms with Crippen LogP contribution in [0.3, 0.4) is 0 Å². The van der Waals surface area contributed by atoms with Gasteiger partial charge in [-0.25, -0.2) is 0 Å². The molecule has 3 rings (SSSR count). The highest BCUT2D eigenvalue weighted by atomic mass is 31.2. The summed E-state index contributed by atoms with van der Waals surface area (Å²) in [4.78, 5) is 5.26. The first-order valence-corrected chi connectivity index (χ1v) is 9.03. The molecule has 24 heavy (non-hydrogen) atoms. The minimum Gasteiger partial charge on any atom is -0.457 e. The van der Waals surface area contributed by atoms with E-state index >= 15 is 0 Å². The molecule has 1 heterocycles. The largest absolute Gasteiger partial charge is 0.457 e. The third-order valence-corrected chi connectivity index (χ3v) is 5.66. The molecule has 7 heteroatoms. The zero-order chi connectivity index (χ0) is 17.0. The van der Waals surface area contributed by atoms with Crippen molar-refractivity contribution in [2.24, 2.45) is 5.16 Å². The van der Waals surface area contributed by atoms with Crippen LogP contribution in [0.1, 0.15) is 12.0 Å². The SMILES string of the molecule is COP(=O)(OC)C1CC(c2cccc(Oc3ccccc3)c2)=NO1. The van der Waals surface area contributed by atoms with E-state index in [0.717, 1.165) is 11.3 Å². The second kappa shape index (κ2) is 7.18. The molecular weight excluding hydrogens is 329 g/mol. The fourth-order valence-corrected chi connectivity index (χ4v) is 3.56. The molecule has 0 aliphatic carbocycles. The van der Waals surface area contributed by atoms with Gasteiger partial charge in [-0.3, -0.25) is 4.57 Å². The summed E-state index contributed by atoms with van der Waals surface area (Å²) in [6.07, 6.45) is 0.341. The molecule has 1 atom stereocenters. The molecule has 2 aromatic rings. The van der Waals surface area contributed by atoms with E-state index in [4.69, 9.17) is 18.6 Å². The molecule has 1 aliphatic rings. The summed E-state index contributed by atoms with van der Waals surface area (Å²) >= 11 is 0. The minimum absolute atomic E-state index is 0.341. The maximum Gasteiger partial charge on any atom is 0.373 e. The van der Waals surface area contributed by atoms with Crippen LogP contribution in [0.4, 0.5) is 0 Å². The Labute approximate surface area is 140 Å². The van der Waals surface area contributed by atoms with Crippen molar-refractivity contribution in [3.63, 3.8) is 0 Å². The van der Waals surface area contributed by atoms with Gasteiger partial charge < -0.3 is 18.6 Å². The third kappa shape index (κ3) is 3.51. The Kier molecular flexibility index (Phi) is 5.00. The molecule has 0 saturated carbocycles. The van der Waals surface area contributed by atoms with Crippen molar-refractivity contribution in [3.8, 4) is 11.5 Å². The Bertz CT molecular complexity index is 770. The summed E-state index contributed by atoms with van der Waals surface area (Å²) < 4.78 is 28.1. The number of hydrogen-bond donors (Lipinski definition) is 0. The maximum atomic E-state index is 12.4. The van der Waals surface area contributed by atoms with E-state index in [0.29, 0.717) is 17.9 Å².